The zero-order valence-electron chi connectivity index (χ0n) is 9.11. The van der Waals surface area contributed by atoms with Gasteiger partial charge in [0.25, 0.3) is 0 Å². The number of benzene rings is 1. The average Bonchev–Trinajstić information content (AvgIpc) is 2.74. The standard InChI is InChI=1S/C13H14ClNO/c1-10(9-11-5-4-8-16-11)15-13-7-3-2-6-12(13)14/h2-8,10,15H,9H2,1H3. The zero-order valence-corrected chi connectivity index (χ0v) is 9.87. The van der Waals surface area contributed by atoms with Crippen LogP contribution in [0.4, 0.5) is 5.69 Å². The molecule has 1 aromatic carbocycles. The fraction of sp³-hybridized carbons (Fsp3) is 0.231. The Balaban J connectivity index is 1.97. The van der Waals surface area contributed by atoms with Crippen molar-refractivity contribution in [2.24, 2.45) is 0 Å². The van der Waals surface area contributed by atoms with Crippen molar-refractivity contribution in [1.29, 1.82) is 0 Å². The smallest absolute Gasteiger partial charge is 0.105 e. The van der Waals surface area contributed by atoms with Gasteiger partial charge in [0.15, 0.2) is 0 Å². The quantitative estimate of drug-likeness (QED) is 0.867. The van der Waals surface area contributed by atoms with Crippen LogP contribution in [-0.2, 0) is 6.42 Å². The van der Waals surface area contributed by atoms with Crippen molar-refractivity contribution in [3.8, 4) is 0 Å². The lowest BCUT2D eigenvalue weighted by Gasteiger charge is -2.14. The molecule has 1 heterocycles. The molecule has 1 N–H and O–H groups in total. The molecular formula is C13H14ClNO. The van der Waals surface area contributed by atoms with E-state index in [0.29, 0.717) is 0 Å². The molecule has 0 spiro atoms. The maximum absolute atomic E-state index is 6.06. The fourth-order valence-electron chi connectivity index (χ4n) is 1.63. The second-order valence-electron chi connectivity index (χ2n) is 3.81. The first kappa shape index (κ1) is 11.1. The van der Waals surface area contributed by atoms with Crippen LogP contribution in [0.15, 0.2) is 47.1 Å². The lowest BCUT2D eigenvalue weighted by Crippen LogP contribution is -2.17. The third-order valence-corrected chi connectivity index (χ3v) is 2.69. The summed E-state index contributed by atoms with van der Waals surface area (Å²) in [5, 5.41) is 4.10. The molecule has 2 rings (SSSR count). The Morgan fingerprint density at radius 1 is 1.25 bits per heavy atom. The highest BCUT2D eigenvalue weighted by atomic mass is 35.5. The summed E-state index contributed by atoms with van der Waals surface area (Å²) in [4.78, 5) is 0. The van der Waals surface area contributed by atoms with Gasteiger partial charge in [-0.25, -0.2) is 0 Å². The molecule has 0 fully saturated rings. The summed E-state index contributed by atoms with van der Waals surface area (Å²) in [6.45, 7) is 2.10. The van der Waals surface area contributed by atoms with Gasteiger partial charge in [-0.15, -0.1) is 0 Å². The van der Waals surface area contributed by atoms with E-state index in [-0.39, 0.29) is 6.04 Å². The predicted octanol–water partition coefficient (Wildman–Crippen LogP) is 3.98. The van der Waals surface area contributed by atoms with Gasteiger partial charge in [0, 0.05) is 12.5 Å². The van der Waals surface area contributed by atoms with Crippen LogP contribution in [0, 0.1) is 0 Å². The summed E-state index contributed by atoms with van der Waals surface area (Å²) < 4.78 is 5.30. The number of hydrogen-bond acceptors (Lipinski definition) is 2. The Morgan fingerprint density at radius 2 is 2.06 bits per heavy atom. The number of halogens is 1. The van der Waals surface area contributed by atoms with Gasteiger partial charge in [0.2, 0.25) is 0 Å². The van der Waals surface area contributed by atoms with E-state index in [1.54, 1.807) is 6.26 Å². The summed E-state index contributed by atoms with van der Waals surface area (Å²) in [7, 11) is 0. The van der Waals surface area contributed by atoms with Crippen LogP contribution in [0.3, 0.4) is 0 Å². The van der Waals surface area contributed by atoms with Gasteiger partial charge in [0.1, 0.15) is 5.76 Å². The SMILES string of the molecule is CC(Cc1ccco1)Nc1ccccc1Cl. The molecule has 0 aliphatic rings. The number of hydrogen-bond donors (Lipinski definition) is 1. The second-order valence-corrected chi connectivity index (χ2v) is 4.22. The fourth-order valence-corrected chi connectivity index (χ4v) is 1.82. The molecule has 84 valence electrons. The van der Waals surface area contributed by atoms with Gasteiger partial charge in [-0.2, -0.15) is 0 Å². The maximum Gasteiger partial charge on any atom is 0.105 e. The first-order valence-electron chi connectivity index (χ1n) is 5.29. The second kappa shape index (κ2) is 5.08. The minimum Gasteiger partial charge on any atom is -0.469 e. The first-order chi connectivity index (χ1) is 7.75. The number of para-hydroxylation sites is 1. The van der Waals surface area contributed by atoms with Crippen LogP contribution >= 0.6 is 11.6 Å². The van der Waals surface area contributed by atoms with Crippen molar-refractivity contribution >= 4 is 17.3 Å². The molecule has 0 saturated heterocycles. The molecule has 0 radical (unpaired) electrons. The van der Waals surface area contributed by atoms with Crippen molar-refractivity contribution in [1.82, 2.24) is 0 Å². The summed E-state index contributed by atoms with van der Waals surface area (Å²) in [6, 6.07) is 11.9. The van der Waals surface area contributed by atoms with E-state index in [1.807, 2.05) is 36.4 Å². The van der Waals surface area contributed by atoms with Crippen LogP contribution in [0.2, 0.25) is 5.02 Å². The van der Waals surface area contributed by atoms with Crippen LogP contribution < -0.4 is 5.32 Å². The first-order valence-corrected chi connectivity index (χ1v) is 5.67. The number of rotatable bonds is 4. The molecule has 0 amide bonds. The van der Waals surface area contributed by atoms with Crippen molar-refractivity contribution in [2.45, 2.75) is 19.4 Å². The van der Waals surface area contributed by atoms with Crippen molar-refractivity contribution in [2.75, 3.05) is 5.32 Å². The maximum atomic E-state index is 6.06. The third kappa shape index (κ3) is 2.80. The molecule has 0 aliphatic carbocycles. The molecule has 2 nitrogen and oxygen atoms in total. The Morgan fingerprint density at radius 3 is 2.75 bits per heavy atom. The van der Waals surface area contributed by atoms with Crippen LogP contribution in [0.5, 0.6) is 0 Å². The lowest BCUT2D eigenvalue weighted by molar-refractivity contribution is 0.498. The van der Waals surface area contributed by atoms with Gasteiger partial charge >= 0.3 is 0 Å². The van der Waals surface area contributed by atoms with Crippen molar-refractivity contribution in [3.05, 3.63) is 53.4 Å². The molecule has 0 saturated carbocycles. The van der Waals surface area contributed by atoms with E-state index in [1.165, 1.54) is 0 Å². The molecule has 0 bridgehead atoms. The molecule has 1 unspecified atom stereocenters. The van der Waals surface area contributed by atoms with Gasteiger partial charge in [-0.05, 0) is 31.2 Å². The Bertz CT molecular complexity index is 439. The molecule has 16 heavy (non-hydrogen) atoms. The topological polar surface area (TPSA) is 25.2 Å². The summed E-state index contributed by atoms with van der Waals surface area (Å²) in [5.74, 6) is 0.979. The van der Waals surface area contributed by atoms with E-state index >= 15 is 0 Å². The molecular weight excluding hydrogens is 222 g/mol. The van der Waals surface area contributed by atoms with Gasteiger partial charge in [-0.3, -0.25) is 0 Å². The largest absolute Gasteiger partial charge is 0.469 e. The summed E-state index contributed by atoms with van der Waals surface area (Å²) in [5.41, 5.74) is 0.961. The van der Waals surface area contributed by atoms with E-state index < -0.39 is 0 Å². The number of anilines is 1. The van der Waals surface area contributed by atoms with E-state index in [2.05, 4.69) is 12.2 Å². The van der Waals surface area contributed by atoms with E-state index in [9.17, 15) is 0 Å². The van der Waals surface area contributed by atoms with E-state index in [4.69, 9.17) is 16.0 Å². The lowest BCUT2D eigenvalue weighted by atomic mass is 10.2. The Hall–Kier alpha value is -1.41. The number of nitrogens with one attached hydrogen (secondary N) is 1. The molecule has 0 aliphatic heterocycles. The summed E-state index contributed by atoms with van der Waals surface area (Å²) >= 11 is 6.06. The molecule has 3 heteroatoms. The summed E-state index contributed by atoms with van der Waals surface area (Å²) in [6.07, 6.45) is 2.54. The number of furan rings is 1. The van der Waals surface area contributed by atoms with Gasteiger partial charge < -0.3 is 9.73 Å². The van der Waals surface area contributed by atoms with Crippen molar-refractivity contribution in [3.63, 3.8) is 0 Å². The third-order valence-electron chi connectivity index (χ3n) is 2.36. The minimum absolute atomic E-state index is 0.283. The predicted molar refractivity (Wildman–Crippen MR) is 66.9 cm³/mol. The Labute approximate surface area is 100 Å². The van der Waals surface area contributed by atoms with Crippen LogP contribution in [0.25, 0.3) is 0 Å². The highest BCUT2D eigenvalue weighted by Crippen LogP contribution is 2.21. The molecule has 1 aromatic heterocycles. The monoisotopic (exact) mass is 235 g/mol. The molecule has 1 atom stereocenters. The van der Waals surface area contributed by atoms with Gasteiger partial charge in [0.05, 0.1) is 17.0 Å². The van der Waals surface area contributed by atoms with Gasteiger partial charge in [-0.1, -0.05) is 23.7 Å². The highest BCUT2D eigenvalue weighted by Gasteiger charge is 2.07. The van der Waals surface area contributed by atoms with Crippen molar-refractivity contribution < 1.29 is 4.42 Å². The highest BCUT2D eigenvalue weighted by molar-refractivity contribution is 6.33. The minimum atomic E-state index is 0.283. The molecule has 2 aromatic rings. The van der Waals surface area contributed by atoms with Crippen LogP contribution in [0.1, 0.15) is 12.7 Å². The Kier molecular flexibility index (Phi) is 3.52. The average molecular weight is 236 g/mol. The normalized spacial score (nSPS) is 12.4. The van der Waals surface area contributed by atoms with Crippen LogP contribution in [-0.4, -0.2) is 6.04 Å². The zero-order chi connectivity index (χ0) is 11.4. The van der Waals surface area contributed by atoms with E-state index in [0.717, 1.165) is 22.9 Å².